The van der Waals surface area contributed by atoms with Gasteiger partial charge in [-0.05, 0) is 17.7 Å². The first-order valence-corrected chi connectivity index (χ1v) is 5.43. The standard InChI is InChI=1S/C11H11BrN2/c12-11-3-1-9(2-4-11)6-14-7-10(5-13)8-14/h1-4,10H,6-8H2. The zero-order chi connectivity index (χ0) is 9.97. The molecule has 14 heavy (non-hydrogen) atoms. The van der Waals surface area contributed by atoms with Crippen molar-refractivity contribution in [1.29, 1.82) is 5.26 Å². The first kappa shape index (κ1) is 9.70. The third-order valence-electron chi connectivity index (χ3n) is 2.46. The van der Waals surface area contributed by atoms with Gasteiger partial charge in [-0.3, -0.25) is 4.90 Å². The van der Waals surface area contributed by atoms with Crippen molar-refractivity contribution in [3.8, 4) is 6.07 Å². The molecule has 1 saturated heterocycles. The van der Waals surface area contributed by atoms with Crippen LogP contribution in [0.5, 0.6) is 0 Å². The van der Waals surface area contributed by atoms with Crippen LogP contribution in [0.15, 0.2) is 28.7 Å². The Bertz CT molecular complexity index is 347. The Hall–Kier alpha value is -0.850. The molecule has 1 aromatic rings. The van der Waals surface area contributed by atoms with Crippen molar-refractivity contribution in [2.75, 3.05) is 13.1 Å². The number of nitrogens with zero attached hydrogens (tertiary/aromatic N) is 2. The fourth-order valence-electron chi connectivity index (χ4n) is 1.63. The Labute approximate surface area is 92.3 Å². The summed E-state index contributed by atoms with van der Waals surface area (Å²) in [7, 11) is 0. The molecule has 0 saturated carbocycles. The molecule has 0 atom stereocenters. The van der Waals surface area contributed by atoms with Gasteiger partial charge in [0.1, 0.15) is 0 Å². The van der Waals surface area contributed by atoms with Gasteiger partial charge in [0.05, 0.1) is 12.0 Å². The van der Waals surface area contributed by atoms with Crippen LogP contribution in [-0.2, 0) is 6.54 Å². The van der Waals surface area contributed by atoms with E-state index >= 15 is 0 Å². The summed E-state index contributed by atoms with van der Waals surface area (Å²) >= 11 is 3.41. The Kier molecular flexibility index (Phi) is 2.85. The van der Waals surface area contributed by atoms with E-state index in [1.165, 1.54) is 5.56 Å². The van der Waals surface area contributed by atoms with Gasteiger partial charge in [-0.1, -0.05) is 28.1 Å². The molecule has 2 rings (SSSR count). The van der Waals surface area contributed by atoms with E-state index in [-0.39, 0.29) is 5.92 Å². The van der Waals surface area contributed by atoms with Crippen LogP contribution in [0.1, 0.15) is 5.56 Å². The van der Waals surface area contributed by atoms with E-state index in [0.717, 1.165) is 24.1 Å². The van der Waals surface area contributed by atoms with Crippen LogP contribution in [0.4, 0.5) is 0 Å². The van der Waals surface area contributed by atoms with Crippen molar-refractivity contribution in [3.05, 3.63) is 34.3 Å². The molecule has 72 valence electrons. The van der Waals surface area contributed by atoms with Crippen LogP contribution < -0.4 is 0 Å². The van der Waals surface area contributed by atoms with E-state index in [1.807, 2.05) is 0 Å². The predicted molar refractivity (Wildman–Crippen MR) is 58.5 cm³/mol. The molecule has 1 aromatic carbocycles. The maximum atomic E-state index is 8.62. The van der Waals surface area contributed by atoms with Gasteiger partial charge in [0.2, 0.25) is 0 Å². The number of hydrogen-bond acceptors (Lipinski definition) is 2. The van der Waals surface area contributed by atoms with Crippen molar-refractivity contribution >= 4 is 15.9 Å². The summed E-state index contributed by atoms with van der Waals surface area (Å²) in [4.78, 5) is 2.29. The largest absolute Gasteiger partial charge is 0.296 e. The van der Waals surface area contributed by atoms with E-state index in [0.29, 0.717) is 0 Å². The van der Waals surface area contributed by atoms with E-state index in [2.05, 4.69) is 51.2 Å². The maximum Gasteiger partial charge on any atom is 0.0717 e. The summed E-state index contributed by atoms with van der Waals surface area (Å²) in [5.41, 5.74) is 1.31. The van der Waals surface area contributed by atoms with Gasteiger partial charge < -0.3 is 0 Å². The molecule has 0 aliphatic carbocycles. The van der Waals surface area contributed by atoms with Crippen molar-refractivity contribution in [3.63, 3.8) is 0 Å². The molecular formula is C11H11BrN2. The number of hydrogen-bond donors (Lipinski definition) is 0. The predicted octanol–water partition coefficient (Wildman–Crippen LogP) is 2.40. The Morgan fingerprint density at radius 3 is 2.57 bits per heavy atom. The molecule has 0 N–H and O–H groups in total. The van der Waals surface area contributed by atoms with Gasteiger partial charge in [-0.2, -0.15) is 5.26 Å². The highest BCUT2D eigenvalue weighted by Crippen LogP contribution is 2.18. The molecule has 0 radical (unpaired) electrons. The third-order valence-corrected chi connectivity index (χ3v) is 2.99. The minimum Gasteiger partial charge on any atom is -0.296 e. The zero-order valence-corrected chi connectivity index (χ0v) is 9.37. The monoisotopic (exact) mass is 250 g/mol. The second-order valence-electron chi connectivity index (χ2n) is 3.65. The molecule has 1 fully saturated rings. The molecule has 0 unspecified atom stereocenters. The van der Waals surface area contributed by atoms with Gasteiger partial charge in [-0.25, -0.2) is 0 Å². The van der Waals surface area contributed by atoms with E-state index in [9.17, 15) is 0 Å². The lowest BCUT2D eigenvalue weighted by Gasteiger charge is -2.35. The lowest BCUT2D eigenvalue weighted by Crippen LogP contribution is -2.45. The Morgan fingerprint density at radius 1 is 1.36 bits per heavy atom. The van der Waals surface area contributed by atoms with E-state index in [4.69, 9.17) is 5.26 Å². The number of rotatable bonds is 2. The summed E-state index contributed by atoms with van der Waals surface area (Å²) < 4.78 is 1.11. The highest BCUT2D eigenvalue weighted by atomic mass is 79.9. The number of halogens is 1. The van der Waals surface area contributed by atoms with Crippen LogP contribution >= 0.6 is 15.9 Å². The topological polar surface area (TPSA) is 27.0 Å². The lowest BCUT2D eigenvalue weighted by atomic mass is 10.0. The summed E-state index contributed by atoms with van der Waals surface area (Å²) in [6.07, 6.45) is 0. The normalized spacial score (nSPS) is 17.4. The molecule has 0 spiro atoms. The molecule has 0 bridgehead atoms. The number of likely N-dealkylation sites (tertiary alicyclic amines) is 1. The fraction of sp³-hybridized carbons (Fsp3) is 0.364. The Morgan fingerprint density at radius 2 is 2.00 bits per heavy atom. The Balaban J connectivity index is 1.88. The van der Waals surface area contributed by atoms with Crippen LogP contribution in [0.2, 0.25) is 0 Å². The van der Waals surface area contributed by atoms with E-state index in [1.54, 1.807) is 0 Å². The highest BCUT2D eigenvalue weighted by molar-refractivity contribution is 9.10. The maximum absolute atomic E-state index is 8.62. The summed E-state index contributed by atoms with van der Waals surface area (Å²) in [5.74, 6) is 0.255. The van der Waals surface area contributed by atoms with E-state index < -0.39 is 0 Å². The summed E-state index contributed by atoms with van der Waals surface area (Å²) in [6.45, 7) is 2.81. The van der Waals surface area contributed by atoms with Crippen molar-refractivity contribution < 1.29 is 0 Å². The second kappa shape index (κ2) is 4.12. The molecule has 0 amide bonds. The second-order valence-corrected chi connectivity index (χ2v) is 4.56. The quantitative estimate of drug-likeness (QED) is 0.807. The average Bonchev–Trinajstić information content (AvgIpc) is 2.13. The summed E-state index contributed by atoms with van der Waals surface area (Å²) in [5, 5.41) is 8.62. The molecule has 1 aliphatic heterocycles. The van der Waals surface area contributed by atoms with Gasteiger partial charge in [0, 0.05) is 24.1 Å². The minimum atomic E-state index is 0.255. The first-order chi connectivity index (χ1) is 6.78. The van der Waals surface area contributed by atoms with Crippen LogP contribution in [-0.4, -0.2) is 18.0 Å². The first-order valence-electron chi connectivity index (χ1n) is 4.64. The summed E-state index contributed by atoms with van der Waals surface area (Å²) in [6, 6.07) is 10.6. The van der Waals surface area contributed by atoms with Gasteiger partial charge >= 0.3 is 0 Å². The van der Waals surface area contributed by atoms with Crippen LogP contribution in [0, 0.1) is 17.2 Å². The molecule has 2 nitrogen and oxygen atoms in total. The van der Waals surface area contributed by atoms with Gasteiger partial charge in [0.25, 0.3) is 0 Å². The third kappa shape index (κ3) is 2.14. The molecule has 1 aliphatic rings. The van der Waals surface area contributed by atoms with Crippen molar-refractivity contribution in [2.24, 2.45) is 5.92 Å². The van der Waals surface area contributed by atoms with Crippen LogP contribution in [0.25, 0.3) is 0 Å². The number of nitriles is 1. The molecule has 1 heterocycles. The molecule has 0 aromatic heterocycles. The minimum absolute atomic E-state index is 0.255. The SMILES string of the molecule is N#CC1CN(Cc2ccc(Br)cc2)C1. The van der Waals surface area contributed by atoms with Crippen molar-refractivity contribution in [2.45, 2.75) is 6.54 Å². The van der Waals surface area contributed by atoms with Gasteiger partial charge in [0.15, 0.2) is 0 Å². The smallest absolute Gasteiger partial charge is 0.0717 e. The lowest BCUT2D eigenvalue weighted by molar-refractivity contribution is 0.127. The fourth-order valence-corrected chi connectivity index (χ4v) is 1.89. The van der Waals surface area contributed by atoms with Crippen molar-refractivity contribution in [1.82, 2.24) is 4.90 Å². The molecular weight excluding hydrogens is 240 g/mol. The average molecular weight is 251 g/mol. The molecule has 3 heteroatoms. The van der Waals surface area contributed by atoms with Gasteiger partial charge in [-0.15, -0.1) is 0 Å². The number of benzene rings is 1. The zero-order valence-electron chi connectivity index (χ0n) is 7.78. The highest BCUT2D eigenvalue weighted by Gasteiger charge is 2.25. The van der Waals surface area contributed by atoms with Crippen LogP contribution in [0.3, 0.4) is 0 Å².